The van der Waals surface area contributed by atoms with Gasteiger partial charge in [-0.25, -0.2) is 13.8 Å². The van der Waals surface area contributed by atoms with Crippen molar-refractivity contribution in [2.75, 3.05) is 6.54 Å². The lowest BCUT2D eigenvalue weighted by molar-refractivity contribution is 0.510. The lowest BCUT2D eigenvalue weighted by atomic mass is 10.2. The molecule has 0 aliphatic carbocycles. The van der Waals surface area contributed by atoms with E-state index in [4.69, 9.17) is 5.73 Å². The van der Waals surface area contributed by atoms with Crippen molar-refractivity contribution in [1.82, 2.24) is 14.5 Å². The number of benzene rings is 1. The third-order valence-electron chi connectivity index (χ3n) is 3.30. The van der Waals surface area contributed by atoms with Crippen molar-refractivity contribution in [1.29, 1.82) is 0 Å². The zero-order chi connectivity index (χ0) is 14.8. The van der Waals surface area contributed by atoms with Gasteiger partial charge in [0.2, 0.25) is 0 Å². The Bertz CT molecular complexity index is 768. The van der Waals surface area contributed by atoms with E-state index in [1.807, 2.05) is 10.6 Å². The number of hydrogen-bond donors (Lipinski definition) is 1. The van der Waals surface area contributed by atoms with Crippen LogP contribution in [0.15, 0.2) is 36.7 Å². The summed E-state index contributed by atoms with van der Waals surface area (Å²) >= 11 is 0. The maximum atomic E-state index is 13.5. The number of hydrogen-bond acceptors (Lipinski definition) is 3. The number of aryl methyl sites for hydroxylation is 1. The molecule has 2 aromatic heterocycles. The smallest absolute Gasteiger partial charge is 0.161 e. The minimum Gasteiger partial charge on any atom is -0.330 e. The van der Waals surface area contributed by atoms with Crippen molar-refractivity contribution >= 4 is 11.0 Å². The highest BCUT2D eigenvalue weighted by Gasteiger charge is 2.15. The highest BCUT2D eigenvalue weighted by Crippen LogP contribution is 2.26. The van der Waals surface area contributed by atoms with Crippen molar-refractivity contribution in [3.8, 4) is 11.4 Å². The van der Waals surface area contributed by atoms with Gasteiger partial charge in [-0.2, -0.15) is 0 Å². The Labute approximate surface area is 120 Å². The van der Waals surface area contributed by atoms with Gasteiger partial charge < -0.3 is 10.3 Å². The zero-order valence-corrected chi connectivity index (χ0v) is 11.3. The molecule has 0 spiro atoms. The van der Waals surface area contributed by atoms with Crippen LogP contribution < -0.4 is 5.73 Å². The molecule has 0 saturated heterocycles. The molecule has 0 bridgehead atoms. The molecule has 2 heterocycles. The predicted molar refractivity (Wildman–Crippen MR) is 76.6 cm³/mol. The fourth-order valence-corrected chi connectivity index (χ4v) is 2.31. The molecule has 21 heavy (non-hydrogen) atoms. The Kier molecular flexibility index (Phi) is 3.62. The lowest BCUT2D eigenvalue weighted by Gasteiger charge is -2.08. The first-order valence-electron chi connectivity index (χ1n) is 6.66. The minimum absolute atomic E-state index is 0.421. The Morgan fingerprint density at radius 3 is 2.71 bits per heavy atom. The van der Waals surface area contributed by atoms with Crippen LogP contribution in [-0.4, -0.2) is 21.1 Å². The van der Waals surface area contributed by atoms with Gasteiger partial charge in [0, 0.05) is 36.6 Å². The van der Waals surface area contributed by atoms with E-state index in [9.17, 15) is 8.78 Å². The van der Waals surface area contributed by atoms with E-state index in [1.54, 1.807) is 18.5 Å². The molecule has 0 atom stereocenters. The molecular weight excluding hydrogens is 274 g/mol. The van der Waals surface area contributed by atoms with Crippen LogP contribution in [0.3, 0.4) is 0 Å². The maximum absolute atomic E-state index is 13.5. The average molecular weight is 288 g/mol. The maximum Gasteiger partial charge on any atom is 0.161 e. The first-order valence-corrected chi connectivity index (χ1v) is 6.66. The van der Waals surface area contributed by atoms with Gasteiger partial charge in [0.25, 0.3) is 0 Å². The number of pyridine rings is 1. The van der Waals surface area contributed by atoms with Crippen LogP contribution in [0.1, 0.15) is 6.42 Å². The summed E-state index contributed by atoms with van der Waals surface area (Å²) in [6.07, 6.45) is 4.06. The third-order valence-corrected chi connectivity index (χ3v) is 3.30. The monoisotopic (exact) mass is 288 g/mol. The number of aromatic nitrogens is 3. The molecular formula is C15H14F2N4. The average Bonchev–Trinajstić information content (AvgIpc) is 2.84. The summed E-state index contributed by atoms with van der Waals surface area (Å²) in [5.74, 6) is -1.14. The predicted octanol–water partition coefficient (Wildman–Crippen LogP) is 2.73. The molecule has 0 unspecified atom stereocenters. The van der Waals surface area contributed by atoms with E-state index >= 15 is 0 Å². The molecule has 0 aliphatic rings. The van der Waals surface area contributed by atoms with E-state index < -0.39 is 11.6 Å². The van der Waals surface area contributed by atoms with Crippen LogP contribution in [0, 0.1) is 11.6 Å². The zero-order valence-electron chi connectivity index (χ0n) is 11.3. The largest absolute Gasteiger partial charge is 0.330 e. The second kappa shape index (κ2) is 5.57. The van der Waals surface area contributed by atoms with Gasteiger partial charge in [-0.3, -0.25) is 4.98 Å². The Morgan fingerprint density at radius 2 is 2.00 bits per heavy atom. The van der Waals surface area contributed by atoms with Gasteiger partial charge in [0.05, 0.1) is 11.0 Å². The van der Waals surface area contributed by atoms with Crippen LogP contribution in [0.25, 0.3) is 22.4 Å². The quantitative estimate of drug-likeness (QED) is 0.803. The molecule has 3 aromatic rings. The van der Waals surface area contributed by atoms with Crippen molar-refractivity contribution in [3.05, 3.63) is 48.3 Å². The molecule has 0 amide bonds. The molecule has 0 saturated carbocycles. The van der Waals surface area contributed by atoms with Crippen LogP contribution in [0.5, 0.6) is 0 Å². The van der Waals surface area contributed by atoms with Gasteiger partial charge in [0.15, 0.2) is 11.6 Å². The summed E-state index contributed by atoms with van der Waals surface area (Å²) in [4.78, 5) is 8.47. The normalized spacial score (nSPS) is 11.2. The number of imidazole rings is 1. The fraction of sp³-hybridized carbons (Fsp3) is 0.200. The molecule has 4 nitrogen and oxygen atoms in total. The van der Waals surface area contributed by atoms with E-state index in [0.717, 1.165) is 18.1 Å². The van der Waals surface area contributed by atoms with Gasteiger partial charge in [-0.05, 0) is 25.1 Å². The number of nitrogens with two attached hydrogens (primary N) is 1. The lowest BCUT2D eigenvalue weighted by Crippen LogP contribution is -2.07. The summed E-state index contributed by atoms with van der Waals surface area (Å²) < 4.78 is 28.7. The summed E-state index contributed by atoms with van der Waals surface area (Å²) in [5.41, 5.74) is 7.33. The SMILES string of the molecule is NCCCn1c(-c2cccnc2)nc2cc(F)c(F)cc21. The van der Waals surface area contributed by atoms with Crippen molar-refractivity contribution in [2.45, 2.75) is 13.0 Å². The number of halogens is 2. The second-order valence-corrected chi connectivity index (χ2v) is 4.73. The number of fused-ring (bicyclic) bond motifs is 1. The summed E-state index contributed by atoms with van der Waals surface area (Å²) in [5, 5.41) is 0. The van der Waals surface area contributed by atoms with Gasteiger partial charge in [-0.15, -0.1) is 0 Å². The van der Waals surface area contributed by atoms with Crippen molar-refractivity contribution < 1.29 is 8.78 Å². The third kappa shape index (κ3) is 2.50. The fourth-order valence-electron chi connectivity index (χ4n) is 2.31. The Balaban J connectivity index is 2.22. The van der Waals surface area contributed by atoms with E-state index in [2.05, 4.69) is 9.97 Å². The molecule has 6 heteroatoms. The molecule has 1 aromatic carbocycles. The summed E-state index contributed by atoms with van der Waals surface area (Å²) in [6, 6.07) is 5.94. The van der Waals surface area contributed by atoms with Crippen LogP contribution in [0.4, 0.5) is 8.78 Å². The molecule has 0 aliphatic heterocycles. The molecule has 108 valence electrons. The number of rotatable bonds is 4. The number of nitrogens with zero attached hydrogens (tertiary/aromatic N) is 3. The Hall–Kier alpha value is -2.34. The highest BCUT2D eigenvalue weighted by atomic mass is 19.2. The van der Waals surface area contributed by atoms with Crippen LogP contribution in [0.2, 0.25) is 0 Å². The molecule has 0 fully saturated rings. The van der Waals surface area contributed by atoms with Crippen LogP contribution >= 0.6 is 0 Å². The van der Waals surface area contributed by atoms with E-state index in [1.165, 1.54) is 6.07 Å². The van der Waals surface area contributed by atoms with E-state index in [0.29, 0.717) is 29.9 Å². The standard InChI is InChI=1S/C15H14F2N4/c16-11-7-13-14(8-12(11)17)21(6-2-4-18)15(20-13)10-3-1-5-19-9-10/h1,3,5,7-9H,2,4,6,18H2. The van der Waals surface area contributed by atoms with Crippen molar-refractivity contribution in [2.24, 2.45) is 5.73 Å². The minimum atomic E-state index is -0.899. The first kappa shape index (κ1) is 13.6. The summed E-state index contributed by atoms with van der Waals surface area (Å²) in [6.45, 7) is 1.10. The van der Waals surface area contributed by atoms with Gasteiger partial charge in [-0.1, -0.05) is 0 Å². The molecule has 0 radical (unpaired) electrons. The molecule has 3 rings (SSSR count). The second-order valence-electron chi connectivity index (χ2n) is 4.73. The first-order chi connectivity index (χ1) is 10.2. The molecule has 2 N–H and O–H groups in total. The van der Waals surface area contributed by atoms with Gasteiger partial charge >= 0.3 is 0 Å². The van der Waals surface area contributed by atoms with Crippen molar-refractivity contribution in [3.63, 3.8) is 0 Å². The van der Waals surface area contributed by atoms with Gasteiger partial charge in [0.1, 0.15) is 5.82 Å². The Morgan fingerprint density at radius 1 is 1.19 bits per heavy atom. The van der Waals surface area contributed by atoms with Crippen LogP contribution in [-0.2, 0) is 6.54 Å². The summed E-state index contributed by atoms with van der Waals surface area (Å²) in [7, 11) is 0. The van der Waals surface area contributed by atoms with E-state index in [-0.39, 0.29) is 0 Å². The highest BCUT2D eigenvalue weighted by molar-refractivity contribution is 5.80. The topological polar surface area (TPSA) is 56.7 Å².